The van der Waals surface area contributed by atoms with Gasteiger partial charge in [0.15, 0.2) is 5.58 Å². The second-order valence-electron chi connectivity index (χ2n) is 6.71. The Morgan fingerprint density at radius 2 is 1.87 bits per heavy atom. The molecule has 0 saturated carbocycles. The van der Waals surface area contributed by atoms with Crippen molar-refractivity contribution in [3.8, 4) is 0 Å². The first-order valence-corrected chi connectivity index (χ1v) is 9.38. The van der Waals surface area contributed by atoms with Gasteiger partial charge in [0.2, 0.25) is 11.8 Å². The molecule has 0 spiro atoms. The van der Waals surface area contributed by atoms with Crippen LogP contribution in [0.4, 0.5) is 5.69 Å². The average Bonchev–Trinajstić information content (AvgIpc) is 3.03. The topological polar surface area (TPSA) is 107 Å². The summed E-state index contributed by atoms with van der Waals surface area (Å²) in [6.45, 7) is 0. The van der Waals surface area contributed by atoms with Crippen LogP contribution in [0.2, 0.25) is 5.02 Å². The van der Waals surface area contributed by atoms with Crippen molar-refractivity contribution in [1.82, 2.24) is 4.98 Å². The van der Waals surface area contributed by atoms with Gasteiger partial charge in [0.05, 0.1) is 18.7 Å². The number of hydrogen-bond donors (Lipinski definition) is 0. The Morgan fingerprint density at radius 3 is 2.57 bits per heavy atom. The molecule has 1 fully saturated rings. The van der Waals surface area contributed by atoms with Gasteiger partial charge in [-0.05, 0) is 36.4 Å². The van der Waals surface area contributed by atoms with E-state index in [0.29, 0.717) is 16.2 Å². The van der Waals surface area contributed by atoms with Crippen LogP contribution in [0.15, 0.2) is 57.7 Å². The largest absolute Gasteiger partial charge is 0.468 e. The van der Waals surface area contributed by atoms with Gasteiger partial charge in [-0.15, -0.1) is 0 Å². The van der Waals surface area contributed by atoms with Crippen LogP contribution in [0.1, 0.15) is 18.0 Å². The first-order chi connectivity index (χ1) is 14.4. The van der Waals surface area contributed by atoms with Crippen molar-refractivity contribution in [1.29, 1.82) is 0 Å². The fourth-order valence-electron chi connectivity index (χ4n) is 3.53. The molecule has 2 unspecified atom stereocenters. The summed E-state index contributed by atoms with van der Waals surface area (Å²) in [5.41, 5.74) is -0.239. The maximum atomic E-state index is 13.1. The van der Waals surface area contributed by atoms with Gasteiger partial charge >= 0.3 is 11.6 Å². The Bertz CT molecular complexity index is 1220. The molecule has 2 amide bonds. The van der Waals surface area contributed by atoms with E-state index in [9.17, 15) is 19.2 Å². The molecule has 1 saturated heterocycles. The number of hydrogen-bond acceptors (Lipinski definition) is 7. The third-order valence-corrected chi connectivity index (χ3v) is 5.19. The molecular weight excluding hydrogens is 412 g/mol. The SMILES string of the molecule is COC(=O)C(c1nc2ccccc2oc1=O)C1CC(=O)N(c2ccc(Cl)cc2)C1=O. The molecule has 3 aromatic rings. The van der Waals surface area contributed by atoms with E-state index in [4.69, 9.17) is 20.8 Å². The zero-order valence-electron chi connectivity index (χ0n) is 15.7. The van der Waals surface area contributed by atoms with Gasteiger partial charge in [-0.3, -0.25) is 19.3 Å². The first-order valence-electron chi connectivity index (χ1n) is 9.00. The number of benzene rings is 2. The van der Waals surface area contributed by atoms with E-state index < -0.39 is 35.2 Å². The highest BCUT2D eigenvalue weighted by Crippen LogP contribution is 2.36. The van der Waals surface area contributed by atoms with Crippen LogP contribution in [0.3, 0.4) is 0 Å². The summed E-state index contributed by atoms with van der Waals surface area (Å²) in [5.74, 6) is -4.53. The average molecular weight is 427 g/mol. The van der Waals surface area contributed by atoms with Gasteiger partial charge < -0.3 is 9.15 Å². The number of amides is 2. The quantitative estimate of drug-likeness (QED) is 0.466. The number of carbonyl (C=O) groups is 3. The molecule has 152 valence electrons. The molecular formula is C21H15ClN2O6. The summed E-state index contributed by atoms with van der Waals surface area (Å²) in [6, 6.07) is 12.7. The number of nitrogens with zero attached hydrogens (tertiary/aromatic N) is 2. The third-order valence-electron chi connectivity index (χ3n) is 4.94. The molecule has 1 aliphatic heterocycles. The number of aromatic nitrogens is 1. The first kappa shape index (κ1) is 19.8. The zero-order chi connectivity index (χ0) is 21.4. The Hall–Kier alpha value is -3.52. The monoisotopic (exact) mass is 426 g/mol. The summed E-state index contributed by atoms with van der Waals surface area (Å²) >= 11 is 5.87. The summed E-state index contributed by atoms with van der Waals surface area (Å²) in [7, 11) is 1.14. The number of halogens is 1. The van der Waals surface area contributed by atoms with Crippen molar-refractivity contribution in [3.05, 3.63) is 69.7 Å². The number of fused-ring (bicyclic) bond motifs is 1. The lowest BCUT2D eigenvalue weighted by Gasteiger charge is -2.19. The van der Waals surface area contributed by atoms with Crippen LogP contribution in [0.5, 0.6) is 0 Å². The number of ether oxygens (including phenoxy) is 1. The smallest absolute Gasteiger partial charge is 0.359 e. The predicted molar refractivity (Wildman–Crippen MR) is 107 cm³/mol. The van der Waals surface area contributed by atoms with Crippen molar-refractivity contribution < 1.29 is 23.5 Å². The van der Waals surface area contributed by atoms with Crippen LogP contribution in [0, 0.1) is 5.92 Å². The van der Waals surface area contributed by atoms with Crippen LogP contribution >= 0.6 is 11.6 Å². The van der Waals surface area contributed by atoms with Crippen molar-refractivity contribution in [2.75, 3.05) is 12.0 Å². The van der Waals surface area contributed by atoms with Crippen molar-refractivity contribution in [2.24, 2.45) is 5.92 Å². The highest BCUT2D eigenvalue weighted by molar-refractivity contribution is 6.30. The van der Waals surface area contributed by atoms with Gasteiger partial charge in [0.1, 0.15) is 17.1 Å². The third kappa shape index (κ3) is 3.35. The number of para-hydroxylation sites is 2. The molecule has 0 radical (unpaired) electrons. The normalized spacial score (nSPS) is 17.4. The Balaban J connectivity index is 1.79. The molecule has 1 aliphatic rings. The minimum absolute atomic E-state index is 0.242. The molecule has 0 bridgehead atoms. The van der Waals surface area contributed by atoms with Gasteiger partial charge in [-0.2, -0.15) is 0 Å². The van der Waals surface area contributed by atoms with E-state index in [-0.39, 0.29) is 17.7 Å². The maximum Gasteiger partial charge on any atom is 0.359 e. The van der Waals surface area contributed by atoms with Gasteiger partial charge in [-0.1, -0.05) is 23.7 Å². The van der Waals surface area contributed by atoms with E-state index in [1.807, 2.05) is 0 Å². The van der Waals surface area contributed by atoms with Crippen molar-refractivity contribution in [3.63, 3.8) is 0 Å². The van der Waals surface area contributed by atoms with E-state index >= 15 is 0 Å². The minimum atomic E-state index is -1.38. The number of carbonyl (C=O) groups excluding carboxylic acids is 3. The van der Waals surface area contributed by atoms with Crippen LogP contribution < -0.4 is 10.5 Å². The second-order valence-corrected chi connectivity index (χ2v) is 7.15. The zero-order valence-corrected chi connectivity index (χ0v) is 16.5. The molecule has 0 N–H and O–H groups in total. The molecule has 4 rings (SSSR count). The lowest BCUT2D eigenvalue weighted by molar-refractivity contribution is -0.145. The van der Waals surface area contributed by atoms with E-state index in [2.05, 4.69) is 4.98 Å². The fourth-order valence-corrected chi connectivity index (χ4v) is 3.66. The van der Waals surface area contributed by atoms with Crippen LogP contribution in [0.25, 0.3) is 11.1 Å². The van der Waals surface area contributed by atoms with E-state index in [1.165, 1.54) is 12.1 Å². The van der Waals surface area contributed by atoms with Gasteiger partial charge in [0.25, 0.3) is 0 Å². The summed E-state index contributed by atoms with van der Waals surface area (Å²) in [6.07, 6.45) is -0.283. The summed E-state index contributed by atoms with van der Waals surface area (Å²) in [4.78, 5) is 56.1. The van der Waals surface area contributed by atoms with E-state index in [1.54, 1.807) is 36.4 Å². The van der Waals surface area contributed by atoms with Crippen molar-refractivity contribution in [2.45, 2.75) is 12.3 Å². The lowest BCUT2D eigenvalue weighted by atomic mass is 9.88. The predicted octanol–water partition coefficient (Wildman–Crippen LogP) is 2.68. The second kappa shape index (κ2) is 7.72. The van der Waals surface area contributed by atoms with E-state index in [0.717, 1.165) is 12.0 Å². The van der Waals surface area contributed by atoms with Crippen LogP contribution in [-0.2, 0) is 19.1 Å². The molecule has 30 heavy (non-hydrogen) atoms. The Kier molecular flexibility index (Phi) is 5.09. The highest BCUT2D eigenvalue weighted by Gasteiger charge is 2.49. The minimum Gasteiger partial charge on any atom is -0.468 e. The molecule has 1 aromatic heterocycles. The number of anilines is 1. The standard InChI is InChI=1S/C21H15ClN2O6/c1-29-20(27)17(18-21(28)30-15-5-3-2-4-14(15)23-18)13-10-16(25)24(19(13)26)12-8-6-11(22)7-9-12/h2-9,13,17H,10H2,1H3. The summed E-state index contributed by atoms with van der Waals surface area (Å²) < 4.78 is 10.1. The summed E-state index contributed by atoms with van der Waals surface area (Å²) in [5, 5.41) is 0.444. The Morgan fingerprint density at radius 1 is 1.17 bits per heavy atom. The van der Waals surface area contributed by atoms with Gasteiger partial charge in [0, 0.05) is 11.4 Å². The maximum absolute atomic E-state index is 13.1. The fraction of sp³-hybridized carbons (Fsp3) is 0.190. The van der Waals surface area contributed by atoms with Gasteiger partial charge in [-0.25, -0.2) is 9.78 Å². The highest BCUT2D eigenvalue weighted by atomic mass is 35.5. The Labute approximate surface area is 175 Å². The van der Waals surface area contributed by atoms with Crippen LogP contribution in [-0.4, -0.2) is 29.9 Å². The lowest BCUT2D eigenvalue weighted by Crippen LogP contribution is -2.35. The molecule has 2 aromatic carbocycles. The molecule has 9 heteroatoms. The molecule has 2 heterocycles. The number of imide groups is 1. The molecule has 8 nitrogen and oxygen atoms in total. The molecule has 0 aliphatic carbocycles. The number of rotatable bonds is 4. The number of esters is 1. The van der Waals surface area contributed by atoms with Crippen molar-refractivity contribution >= 4 is 46.2 Å². The molecule has 2 atom stereocenters. The number of methoxy groups -OCH3 is 1.